The Morgan fingerprint density at radius 3 is 2.50 bits per heavy atom. The highest BCUT2D eigenvalue weighted by Gasteiger charge is 2.28. The van der Waals surface area contributed by atoms with Crippen molar-refractivity contribution in [2.24, 2.45) is 0 Å². The standard InChI is InChI=1S/C10H8BrF3O3S/c11-6-1-2-7(9(15)16)8(5-6)18(17)4-3-10(12,13)14/h1-2,5H,3-4H2,(H,15,16). The molecular formula is C10H8BrF3O3S. The largest absolute Gasteiger partial charge is 0.478 e. The summed E-state index contributed by atoms with van der Waals surface area (Å²) in [6.07, 6.45) is -5.63. The SMILES string of the molecule is O=C(O)c1ccc(Br)cc1S(=O)CCC(F)(F)F. The second-order valence-electron chi connectivity index (χ2n) is 3.36. The molecule has 0 amide bonds. The van der Waals surface area contributed by atoms with Gasteiger partial charge in [-0.25, -0.2) is 4.79 Å². The number of halogens is 4. The van der Waals surface area contributed by atoms with Gasteiger partial charge in [-0.15, -0.1) is 0 Å². The molecule has 0 saturated carbocycles. The van der Waals surface area contributed by atoms with Crippen LogP contribution in [0.3, 0.4) is 0 Å². The number of hydrogen-bond acceptors (Lipinski definition) is 2. The average Bonchev–Trinajstić information content (AvgIpc) is 2.24. The third-order valence-corrected chi connectivity index (χ3v) is 3.89. The Morgan fingerprint density at radius 2 is 2.00 bits per heavy atom. The van der Waals surface area contributed by atoms with Gasteiger partial charge in [0.1, 0.15) is 0 Å². The van der Waals surface area contributed by atoms with Gasteiger partial charge in [0, 0.05) is 10.2 Å². The minimum Gasteiger partial charge on any atom is -0.478 e. The van der Waals surface area contributed by atoms with E-state index < -0.39 is 35.1 Å². The van der Waals surface area contributed by atoms with Gasteiger partial charge in [0.25, 0.3) is 0 Å². The first-order chi connectivity index (χ1) is 8.20. The van der Waals surface area contributed by atoms with Gasteiger partial charge in [-0.3, -0.25) is 4.21 Å². The van der Waals surface area contributed by atoms with Gasteiger partial charge >= 0.3 is 12.1 Å². The van der Waals surface area contributed by atoms with E-state index in [4.69, 9.17) is 5.11 Å². The summed E-state index contributed by atoms with van der Waals surface area (Å²) >= 11 is 3.05. The number of carbonyl (C=O) groups is 1. The molecule has 0 aromatic heterocycles. The number of alkyl halides is 3. The second-order valence-corrected chi connectivity index (χ2v) is 5.82. The minimum atomic E-state index is -4.41. The van der Waals surface area contributed by atoms with E-state index in [9.17, 15) is 22.2 Å². The van der Waals surface area contributed by atoms with Crippen molar-refractivity contribution < 1.29 is 27.3 Å². The molecule has 1 rings (SSSR count). The lowest BCUT2D eigenvalue weighted by Crippen LogP contribution is -2.14. The van der Waals surface area contributed by atoms with Crippen molar-refractivity contribution in [3.8, 4) is 0 Å². The quantitative estimate of drug-likeness (QED) is 0.912. The van der Waals surface area contributed by atoms with E-state index in [0.717, 1.165) is 0 Å². The molecule has 3 nitrogen and oxygen atoms in total. The van der Waals surface area contributed by atoms with Crippen LogP contribution in [0.4, 0.5) is 13.2 Å². The minimum absolute atomic E-state index is 0.110. The number of carboxylic acid groups (broad SMARTS) is 1. The van der Waals surface area contributed by atoms with Crippen molar-refractivity contribution in [2.75, 3.05) is 5.75 Å². The number of aromatic carboxylic acids is 1. The summed E-state index contributed by atoms with van der Waals surface area (Å²) in [5.41, 5.74) is -0.251. The summed E-state index contributed by atoms with van der Waals surface area (Å²) in [4.78, 5) is 10.8. The van der Waals surface area contributed by atoms with Crippen molar-refractivity contribution in [2.45, 2.75) is 17.5 Å². The van der Waals surface area contributed by atoms with E-state index >= 15 is 0 Å². The first-order valence-electron chi connectivity index (χ1n) is 4.68. The van der Waals surface area contributed by atoms with Crippen molar-refractivity contribution in [3.05, 3.63) is 28.2 Å². The topological polar surface area (TPSA) is 54.4 Å². The molecule has 0 fully saturated rings. The summed E-state index contributed by atoms with van der Waals surface area (Å²) in [7, 11) is -2.00. The molecular weight excluding hydrogens is 337 g/mol. The van der Waals surface area contributed by atoms with Gasteiger partial charge < -0.3 is 5.11 Å². The van der Waals surface area contributed by atoms with Crippen molar-refractivity contribution >= 4 is 32.7 Å². The fourth-order valence-electron chi connectivity index (χ4n) is 1.18. The van der Waals surface area contributed by atoms with Crippen LogP contribution < -0.4 is 0 Å². The van der Waals surface area contributed by atoms with Crippen molar-refractivity contribution in [3.63, 3.8) is 0 Å². The summed E-state index contributed by atoms with van der Waals surface area (Å²) in [5, 5.41) is 8.86. The molecule has 1 aromatic rings. The lowest BCUT2D eigenvalue weighted by Gasteiger charge is -2.08. The zero-order chi connectivity index (χ0) is 13.9. The van der Waals surface area contributed by atoms with Gasteiger partial charge in [0.05, 0.1) is 27.7 Å². The first kappa shape index (κ1) is 15.2. The molecule has 1 atom stereocenters. The molecule has 0 heterocycles. The van der Waals surface area contributed by atoms with Crippen LogP contribution in [0.5, 0.6) is 0 Å². The predicted molar refractivity (Wildman–Crippen MR) is 63.0 cm³/mol. The molecule has 0 aliphatic heterocycles. The number of rotatable bonds is 4. The maximum absolute atomic E-state index is 12.0. The van der Waals surface area contributed by atoms with Crippen LogP contribution in [0.15, 0.2) is 27.6 Å². The Balaban J connectivity index is 2.97. The molecule has 100 valence electrons. The van der Waals surface area contributed by atoms with Crippen molar-refractivity contribution in [1.29, 1.82) is 0 Å². The molecule has 1 unspecified atom stereocenters. The highest BCUT2D eigenvalue weighted by atomic mass is 79.9. The molecule has 1 aromatic carbocycles. The maximum atomic E-state index is 12.0. The summed E-state index contributed by atoms with van der Waals surface area (Å²) in [5.74, 6) is -1.97. The van der Waals surface area contributed by atoms with E-state index in [2.05, 4.69) is 15.9 Å². The van der Waals surface area contributed by atoms with Gasteiger partial charge in [0.15, 0.2) is 0 Å². The third-order valence-electron chi connectivity index (χ3n) is 1.99. The van der Waals surface area contributed by atoms with Crippen molar-refractivity contribution in [1.82, 2.24) is 0 Å². The lowest BCUT2D eigenvalue weighted by atomic mass is 10.2. The van der Waals surface area contributed by atoms with E-state index in [-0.39, 0.29) is 10.5 Å². The van der Waals surface area contributed by atoms with Crippen LogP contribution in [-0.4, -0.2) is 27.2 Å². The number of carboxylic acids is 1. The summed E-state index contributed by atoms with van der Waals surface area (Å²) in [6, 6.07) is 3.89. The highest BCUT2D eigenvalue weighted by Crippen LogP contribution is 2.24. The molecule has 0 aliphatic carbocycles. The van der Waals surface area contributed by atoms with E-state index in [1.165, 1.54) is 18.2 Å². The van der Waals surface area contributed by atoms with Gasteiger partial charge in [-0.2, -0.15) is 13.2 Å². The molecule has 0 aliphatic rings. The van der Waals surface area contributed by atoms with Gasteiger partial charge in [-0.1, -0.05) is 15.9 Å². The maximum Gasteiger partial charge on any atom is 0.390 e. The Labute approximate surface area is 112 Å². The smallest absolute Gasteiger partial charge is 0.390 e. The van der Waals surface area contributed by atoms with Gasteiger partial charge in [0.2, 0.25) is 0 Å². The Morgan fingerprint density at radius 1 is 1.39 bits per heavy atom. The molecule has 0 saturated heterocycles. The number of benzene rings is 1. The van der Waals surface area contributed by atoms with Crippen LogP contribution >= 0.6 is 15.9 Å². The third kappa shape index (κ3) is 4.41. The highest BCUT2D eigenvalue weighted by molar-refractivity contribution is 9.10. The first-order valence-corrected chi connectivity index (χ1v) is 6.80. The van der Waals surface area contributed by atoms with Crippen LogP contribution in [0, 0.1) is 0 Å². The second kappa shape index (κ2) is 5.83. The van der Waals surface area contributed by atoms with Crippen LogP contribution in [0.2, 0.25) is 0 Å². The van der Waals surface area contributed by atoms with Crippen LogP contribution in [-0.2, 0) is 10.8 Å². The monoisotopic (exact) mass is 344 g/mol. The fraction of sp³-hybridized carbons (Fsp3) is 0.300. The van der Waals surface area contributed by atoms with Gasteiger partial charge in [-0.05, 0) is 18.2 Å². The molecule has 1 N–H and O–H groups in total. The average molecular weight is 345 g/mol. The number of hydrogen-bond donors (Lipinski definition) is 1. The van der Waals surface area contributed by atoms with Crippen LogP contribution in [0.25, 0.3) is 0 Å². The predicted octanol–water partition coefficient (Wildman–Crippen LogP) is 3.21. The Bertz CT molecular complexity index is 488. The summed E-state index contributed by atoms with van der Waals surface area (Å²) in [6.45, 7) is 0. The van der Waals surface area contributed by atoms with E-state index in [1.807, 2.05) is 0 Å². The molecule has 0 bridgehead atoms. The fourth-order valence-corrected chi connectivity index (χ4v) is 2.99. The zero-order valence-electron chi connectivity index (χ0n) is 8.83. The molecule has 18 heavy (non-hydrogen) atoms. The normalized spacial score (nSPS) is 13.3. The molecule has 8 heteroatoms. The summed E-state index contributed by atoms with van der Waals surface area (Å²) < 4.78 is 48.2. The van der Waals surface area contributed by atoms with E-state index in [0.29, 0.717) is 4.47 Å². The Hall–Kier alpha value is -0.890. The molecule has 0 spiro atoms. The Kier molecular flexibility index (Phi) is 4.92. The van der Waals surface area contributed by atoms with Crippen LogP contribution in [0.1, 0.15) is 16.8 Å². The zero-order valence-corrected chi connectivity index (χ0v) is 11.2. The van der Waals surface area contributed by atoms with E-state index in [1.54, 1.807) is 0 Å². The lowest BCUT2D eigenvalue weighted by molar-refractivity contribution is -0.129. The molecule has 0 radical (unpaired) electrons.